The van der Waals surface area contributed by atoms with E-state index in [1.165, 1.54) is 11.3 Å². The molecule has 3 N–H and O–H groups in total. The molecule has 1 fully saturated rings. The van der Waals surface area contributed by atoms with Crippen molar-refractivity contribution in [2.75, 3.05) is 13.1 Å². The van der Waals surface area contributed by atoms with Crippen molar-refractivity contribution in [2.24, 2.45) is 11.7 Å². The van der Waals surface area contributed by atoms with Gasteiger partial charge in [-0.25, -0.2) is 0 Å². The van der Waals surface area contributed by atoms with Crippen LogP contribution < -0.4 is 5.73 Å². The average molecular weight is 273 g/mol. The van der Waals surface area contributed by atoms with Crippen molar-refractivity contribution >= 4 is 12.4 Å². The fraction of sp³-hybridized carbons (Fsp3) is 0.769. The molecule has 1 aliphatic heterocycles. The van der Waals surface area contributed by atoms with Crippen LogP contribution in [-0.4, -0.2) is 34.2 Å². The standard InChI is InChI=1S/C13H24N4.ClH/c1-9-6-17(8-11(9)14)7-10-5-15-16-12(10)13(2,3)4;/h5,9,11H,6-8,14H2,1-4H3,(H,15,16);1H. The summed E-state index contributed by atoms with van der Waals surface area (Å²) in [5.41, 5.74) is 8.73. The molecule has 0 aromatic carbocycles. The van der Waals surface area contributed by atoms with E-state index in [9.17, 15) is 0 Å². The lowest BCUT2D eigenvalue weighted by molar-refractivity contribution is 0.316. The molecule has 0 radical (unpaired) electrons. The molecule has 5 heteroatoms. The van der Waals surface area contributed by atoms with Gasteiger partial charge < -0.3 is 5.73 Å². The van der Waals surface area contributed by atoms with E-state index < -0.39 is 0 Å². The van der Waals surface area contributed by atoms with Crippen LogP contribution in [0.1, 0.15) is 39.0 Å². The third-order valence-electron chi connectivity index (χ3n) is 3.61. The van der Waals surface area contributed by atoms with Crippen molar-refractivity contribution in [2.45, 2.75) is 45.7 Å². The van der Waals surface area contributed by atoms with Crippen LogP contribution in [0, 0.1) is 5.92 Å². The molecule has 1 saturated heterocycles. The summed E-state index contributed by atoms with van der Waals surface area (Å²) < 4.78 is 0. The smallest absolute Gasteiger partial charge is 0.0535 e. The van der Waals surface area contributed by atoms with Gasteiger partial charge in [-0.1, -0.05) is 27.7 Å². The van der Waals surface area contributed by atoms with Gasteiger partial charge in [-0.15, -0.1) is 12.4 Å². The maximum atomic E-state index is 6.06. The number of nitrogens with two attached hydrogens (primary N) is 1. The molecule has 104 valence electrons. The highest BCUT2D eigenvalue weighted by Gasteiger charge is 2.28. The van der Waals surface area contributed by atoms with Crippen LogP contribution in [0.5, 0.6) is 0 Å². The van der Waals surface area contributed by atoms with Crippen LogP contribution in [0.3, 0.4) is 0 Å². The number of aromatic amines is 1. The van der Waals surface area contributed by atoms with Gasteiger partial charge in [0.15, 0.2) is 0 Å². The van der Waals surface area contributed by atoms with Gasteiger partial charge in [-0.05, 0) is 5.92 Å². The molecule has 1 aromatic rings. The summed E-state index contributed by atoms with van der Waals surface area (Å²) in [6.07, 6.45) is 1.95. The van der Waals surface area contributed by atoms with Gasteiger partial charge in [0, 0.05) is 42.3 Å². The zero-order valence-corrected chi connectivity index (χ0v) is 12.5. The van der Waals surface area contributed by atoms with Crippen molar-refractivity contribution in [3.8, 4) is 0 Å². The van der Waals surface area contributed by atoms with Crippen molar-refractivity contribution in [3.05, 3.63) is 17.5 Å². The number of likely N-dealkylation sites (tertiary alicyclic amines) is 1. The van der Waals surface area contributed by atoms with Gasteiger partial charge in [-0.2, -0.15) is 5.10 Å². The quantitative estimate of drug-likeness (QED) is 0.865. The van der Waals surface area contributed by atoms with Crippen LogP contribution in [0.2, 0.25) is 0 Å². The summed E-state index contributed by atoms with van der Waals surface area (Å²) >= 11 is 0. The molecule has 0 spiro atoms. The largest absolute Gasteiger partial charge is 0.326 e. The number of rotatable bonds is 2. The number of halogens is 1. The van der Waals surface area contributed by atoms with Crippen molar-refractivity contribution < 1.29 is 0 Å². The molecule has 2 rings (SSSR count). The Balaban J connectivity index is 0.00000162. The molecule has 4 nitrogen and oxygen atoms in total. The lowest BCUT2D eigenvalue weighted by atomic mass is 9.89. The Bertz CT molecular complexity index is 373. The van der Waals surface area contributed by atoms with E-state index in [1.54, 1.807) is 0 Å². The molecule has 2 atom stereocenters. The minimum atomic E-state index is 0. The van der Waals surface area contributed by atoms with Gasteiger partial charge in [0.25, 0.3) is 0 Å². The van der Waals surface area contributed by atoms with E-state index in [1.807, 2.05) is 6.20 Å². The highest BCUT2D eigenvalue weighted by atomic mass is 35.5. The average Bonchev–Trinajstić information content (AvgIpc) is 2.74. The number of nitrogens with one attached hydrogen (secondary N) is 1. The number of nitrogens with zero attached hydrogens (tertiary/aromatic N) is 2. The molecule has 18 heavy (non-hydrogen) atoms. The first-order chi connectivity index (χ1) is 7.88. The summed E-state index contributed by atoms with van der Waals surface area (Å²) in [6.45, 7) is 11.9. The number of hydrogen-bond acceptors (Lipinski definition) is 3. The van der Waals surface area contributed by atoms with Crippen molar-refractivity contribution in [1.82, 2.24) is 15.1 Å². The Morgan fingerprint density at radius 3 is 2.61 bits per heavy atom. The monoisotopic (exact) mass is 272 g/mol. The Labute approximate surface area is 116 Å². The van der Waals surface area contributed by atoms with Gasteiger partial charge in [0.05, 0.1) is 6.20 Å². The van der Waals surface area contributed by atoms with Crippen LogP contribution in [0.25, 0.3) is 0 Å². The van der Waals surface area contributed by atoms with E-state index in [0.29, 0.717) is 12.0 Å². The van der Waals surface area contributed by atoms with Gasteiger partial charge in [-0.3, -0.25) is 10.00 Å². The maximum Gasteiger partial charge on any atom is 0.0535 e. The zero-order chi connectivity index (χ0) is 12.6. The first kappa shape index (κ1) is 15.5. The number of hydrogen-bond donors (Lipinski definition) is 2. The molecular weight excluding hydrogens is 248 g/mol. The summed E-state index contributed by atoms with van der Waals surface area (Å²) in [5, 5.41) is 7.32. The lowest BCUT2D eigenvalue weighted by Crippen LogP contribution is -2.28. The van der Waals surface area contributed by atoms with Crippen LogP contribution in [-0.2, 0) is 12.0 Å². The summed E-state index contributed by atoms with van der Waals surface area (Å²) in [7, 11) is 0. The first-order valence-electron chi connectivity index (χ1n) is 6.38. The second-order valence-corrected chi connectivity index (χ2v) is 6.36. The van der Waals surface area contributed by atoms with E-state index in [-0.39, 0.29) is 17.8 Å². The number of H-pyrrole nitrogens is 1. The minimum absolute atomic E-state index is 0. The minimum Gasteiger partial charge on any atom is -0.326 e. The molecule has 0 saturated carbocycles. The lowest BCUT2D eigenvalue weighted by Gasteiger charge is -2.21. The maximum absolute atomic E-state index is 6.06. The van der Waals surface area contributed by atoms with Crippen LogP contribution in [0.15, 0.2) is 6.20 Å². The predicted molar refractivity (Wildman–Crippen MR) is 77.0 cm³/mol. The molecule has 1 aromatic heterocycles. The SMILES string of the molecule is CC1CN(Cc2cn[nH]c2C(C)(C)C)CC1N.Cl. The highest BCUT2D eigenvalue weighted by Crippen LogP contribution is 2.25. The molecular formula is C13H25ClN4. The molecule has 0 aliphatic carbocycles. The Morgan fingerprint density at radius 1 is 1.44 bits per heavy atom. The fourth-order valence-electron chi connectivity index (χ4n) is 2.55. The van der Waals surface area contributed by atoms with E-state index in [4.69, 9.17) is 5.73 Å². The number of aromatic nitrogens is 2. The molecule has 1 aliphatic rings. The Kier molecular flexibility index (Phi) is 4.81. The second kappa shape index (κ2) is 5.59. The summed E-state index contributed by atoms with van der Waals surface area (Å²) in [6, 6.07) is 0.319. The van der Waals surface area contributed by atoms with Crippen LogP contribution in [0.4, 0.5) is 0 Å². The van der Waals surface area contributed by atoms with E-state index in [2.05, 4.69) is 42.8 Å². The van der Waals surface area contributed by atoms with Crippen LogP contribution >= 0.6 is 12.4 Å². The zero-order valence-electron chi connectivity index (χ0n) is 11.7. The Morgan fingerprint density at radius 2 is 2.11 bits per heavy atom. The third-order valence-corrected chi connectivity index (χ3v) is 3.61. The highest BCUT2D eigenvalue weighted by molar-refractivity contribution is 5.85. The van der Waals surface area contributed by atoms with Crippen molar-refractivity contribution in [1.29, 1.82) is 0 Å². The van der Waals surface area contributed by atoms with Crippen molar-refractivity contribution in [3.63, 3.8) is 0 Å². The molecule has 2 unspecified atom stereocenters. The molecule has 0 bridgehead atoms. The molecule has 0 amide bonds. The second-order valence-electron chi connectivity index (χ2n) is 6.36. The third kappa shape index (κ3) is 3.25. The normalized spacial score (nSPS) is 25.2. The molecule has 2 heterocycles. The first-order valence-corrected chi connectivity index (χ1v) is 6.38. The van der Waals surface area contributed by atoms with Gasteiger partial charge >= 0.3 is 0 Å². The topological polar surface area (TPSA) is 57.9 Å². The van der Waals surface area contributed by atoms with Gasteiger partial charge in [0.1, 0.15) is 0 Å². The van der Waals surface area contributed by atoms with E-state index >= 15 is 0 Å². The fourth-order valence-corrected chi connectivity index (χ4v) is 2.55. The summed E-state index contributed by atoms with van der Waals surface area (Å²) in [5.74, 6) is 0.597. The van der Waals surface area contributed by atoms with E-state index in [0.717, 1.165) is 19.6 Å². The predicted octanol–water partition coefficient (Wildman–Crippen LogP) is 1.91. The Hall–Kier alpha value is -0.580. The summed E-state index contributed by atoms with van der Waals surface area (Å²) in [4.78, 5) is 2.43. The van der Waals surface area contributed by atoms with Gasteiger partial charge in [0.2, 0.25) is 0 Å².